The van der Waals surface area contributed by atoms with E-state index < -0.39 is 25.2 Å². The Balaban J connectivity index is 0. The Hall–Kier alpha value is -0.420. The van der Waals surface area contributed by atoms with Crippen LogP contribution in [0, 0.1) is 63.1 Å². The summed E-state index contributed by atoms with van der Waals surface area (Å²) in [6.45, 7) is 36.0. The summed E-state index contributed by atoms with van der Waals surface area (Å²) < 4.78 is 69.0. The van der Waals surface area contributed by atoms with Crippen molar-refractivity contribution in [2.45, 2.75) is 348 Å². The van der Waals surface area contributed by atoms with Crippen molar-refractivity contribution in [3.05, 3.63) is 0 Å². The van der Waals surface area contributed by atoms with E-state index in [-0.39, 0.29) is 11.8 Å². The average Bonchev–Trinajstić information content (AvgIpc) is 3.98. The number of halogens is 6. The third-order valence-corrected chi connectivity index (χ3v) is 17.4. The van der Waals surface area contributed by atoms with Gasteiger partial charge in [0.15, 0.2) is 0 Å². The van der Waals surface area contributed by atoms with Crippen LogP contribution in [-0.2, 0) is 0 Å². The van der Waals surface area contributed by atoms with Crippen LogP contribution in [0.25, 0.3) is 0 Å². The van der Waals surface area contributed by atoms with E-state index in [1.165, 1.54) is 141 Å². The van der Waals surface area contributed by atoms with Crippen molar-refractivity contribution in [2.24, 2.45) is 63.1 Å². The molecule has 2 atom stereocenters. The molecule has 0 amide bonds. The monoisotopic (exact) mass is 1010 g/mol. The van der Waals surface area contributed by atoms with E-state index in [0.717, 1.165) is 45.8 Å². The van der Waals surface area contributed by atoms with E-state index in [9.17, 15) is 26.3 Å². The maximum Gasteiger partial charge on any atom is 0.389 e. The molecular formula is C64H126F6. The SMILES string of the molecule is CC.CC(C)C.CC1CCC2(CC1)CCC(C)(C)CC2.CC1CCC2(CCCC2)CC1.CC1CCC2(CCCCC2)CC1.CC1CCCC1.CCC.CCC(C)CC(F)(F)F.CCC(C)CC(F)(F)F. The highest BCUT2D eigenvalue weighted by Crippen LogP contribution is 2.53. The lowest BCUT2D eigenvalue weighted by molar-refractivity contribution is -0.144. The van der Waals surface area contributed by atoms with Crippen molar-refractivity contribution >= 4 is 0 Å². The van der Waals surface area contributed by atoms with E-state index in [2.05, 4.69) is 76.2 Å². The summed E-state index contributed by atoms with van der Waals surface area (Å²) in [5.74, 6) is 4.48. The fourth-order valence-electron chi connectivity index (χ4n) is 11.7. The van der Waals surface area contributed by atoms with Gasteiger partial charge in [-0.25, -0.2) is 0 Å². The van der Waals surface area contributed by atoms with Crippen LogP contribution in [0.5, 0.6) is 0 Å². The molecule has 7 aliphatic carbocycles. The minimum atomic E-state index is -3.98. The summed E-state index contributed by atoms with van der Waals surface area (Å²) in [4.78, 5) is 0. The number of hydrogen-bond acceptors (Lipinski definition) is 0. The van der Waals surface area contributed by atoms with Crippen molar-refractivity contribution in [1.29, 1.82) is 0 Å². The Morgan fingerprint density at radius 3 is 0.800 bits per heavy atom. The minimum absolute atomic E-state index is 0.231. The highest BCUT2D eigenvalue weighted by Gasteiger charge is 2.40. The largest absolute Gasteiger partial charge is 0.389 e. The van der Waals surface area contributed by atoms with Gasteiger partial charge in [0.05, 0.1) is 0 Å². The highest BCUT2D eigenvalue weighted by atomic mass is 19.4. The lowest BCUT2D eigenvalue weighted by Gasteiger charge is -2.47. The van der Waals surface area contributed by atoms with Crippen LogP contribution in [0.2, 0.25) is 0 Å². The molecule has 0 aromatic carbocycles. The topological polar surface area (TPSA) is 0 Å². The zero-order chi connectivity index (χ0) is 54.1. The fourth-order valence-corrected chi connectivity index (χ4v) is 11.7. The molecule has 3 spiro atoms. The summed E-state index contributed by atoms with van der Waals surface area (Å²) in [5, 5.41) is 0. The second-order valence-electron chi connectivity index (χ2n) is 26.5. The first-order valence-electron chi connectivity index (χ1n) is 30.7. The molecule has 7 aliphatic rings. The standard InChI is InChI=1S/C14H26.C12H22.C11H20.2C6H11F3.C6H12.C4H10.C3H8.C2H6/c1-12-4-6-14(7-5-12)10-8-13(2,3)9-11-14;1-11-5-9-12(10-6-11)7-3-2-4-8-12;1-10-4-8-11(9-5-10)6-2-3-7-11;2*1-3-5(2)4-6(7,8)9;1-6-4-2-3-5-6;1-4(2)3;1-3-2;1-2/h12H,4-11H2,1-3H3;11H,2-10H2,1H3;10H,2-9H2,1H3;2*5H,3-4H2,1-2H3;6H,2-5H2,1H3;4H,1-3H3;3H2,1-2H3;1-2H3. The van der Waals surface area contributed by atoms with Crippen molar-refractivity contribution in [3.8, 4) is 0 Å². The maximum absolute atomic E-state index is 11.5. The van der Waals surface area contributed by atoms with Gasteiger partial charge in [0.2, 0.25) is 0 Å². The van der Waals surface area contributed by atoms with Gasteiger partial charge < -0.3 is 0 Å². The molecule has 7 fully saturated rings. The molecule has 0 nitrogen and oxygen atoms in total. The van der Waals surface area contributed by atoms with Crippen molar-refractivity contribution in [1.82, 2.24) is 0 Å². The second kappa shape index (κ2) is 38.2. The number of alkyl halides is 6. The molecule has 6 heteroatoms. The Morgan fingerprint density at radius 1 is 0.371 bits per heavy atom. The van der Waals surface area contributed by atoms with Gasteiger partial charge in [-0.15, -0.1) is 0 Å². The maximum atomic E-state index is 11.5. The molecule has 0 aromatic heterocycles. The van der Waals surface area contributed by atoms with Crippen molar-refractivity contribution in [2.75, 3.05) is 0 Å². The van der Waals surface area contributed by atoms with E-state index in [1.807, 2.05) is 13.8 Å². The molecule has 0 bridgehead atoms. The molecule has 424 valence electrons. The molecule has 7 saturated carbocycles. The molecule has 0 radical (unpaired) electrons. The van der Waals surface area contributed by atoms with E-state index >= 15 is 0 Å². The highest BCUT2D eigenvalue weighted by molar-refractivity contribution is 4.92. The average molecular weight is 1010 g/mol. The van der Waals surface area contributed by atoms with E-state index in [4.69, 9.17) is 0 Å². The summed E-state index contributed by atoms with van der Waals surface area (Å²) in [5.41, 5.74) is 3.13. The lowest BCUT2D eigenvalue weighted by atomic mass is 9.59. The summed E-state index contributed by atoms with van der Waals surface area (Å²) in [7, 11) is 0. The predicted molar refractivity (Wildman–Crippen MR) is 300 cm³/mol. The third kappa shape index (κ3) is 37.3. The predicted octanol–water partition coefficient (Wildman–Crippen LogP) is 25.0. The minimum Gasteiger partial charge on any atom is -0.171 e. The molecule has 70 heavy (non-hydrogen) atoms. The Kier molecular flexibility index (Phi) is 39.1. The molecule has 0 saturated heterocycles. The zero-order valence-electron chi connectivity index (χ0n) is 50.4. The van der Waals surface area contributed by atoms with Gasteiger partial charge in [-0.3, -0.25) is 0 Å². The van der Waals surface area contributed by atoms with Crippen LogP contribution in [-0.4, -0.2) is 12.4 Å². The first-order valence-corrected chi connectivity index (χ1v) is 30.7. The smallest absolute Gasteiger partial charge is 0.171 e. The van der Waals surface area contributed by atoms with Gasteiger partial charge in [-0.1, -0.05) is 233 Å². The second-order valence-corrected chi connectivity index (χ2v) is 26.5. The van der Waals surface area contributed by atoms with Crippen LogP contribution in [0.1, 0.15) is 336 Å². The first kappa shape index (κ1) is 71.7. The Labute approximate surface area is 436 Å². The molecule has 0 N–H and O–H groups in total. The zero-order valence-corrected chi connectivity index (χ0v) is 50.4. The fraction of sp³-hybridized carbons (Fsp3) is 1.00. The van der Waals surface area contributed by atoms with Crippen LogP contribution in [0.3, 0.4) is 0 Å². The van der Waals surface area contributed by atoms with Crippen molar-refractivity contribution < 1.29 is 26.3 Å². The summed E-state index contributed by atoms with van der Waals surface area (Å²) in [6, 6.07) is 0. The lowest BCUT2D eigenvalue weighted by Crippen LogP contribution is -2.34. The molecule has 0 aliphatic heterocycles. The van der Waals surface area contributed by atoms with Crippen LogP contribution in [0.15, 0.2) is 0 Å². The Bertz CT molecular complexity index is 1100. The quantitative estimate of drug-likeness (QED) is 0.246. The molecule has 7 rings (SSSR count). The van der Waals surface area contributed by atoms with Gasteiger partial charge in [-0.05, 0) is 153 Å². The van der Waals surface area contributed by atoms with E-state index in [0.29, 0.717) is 18.3 Å². The number of hydrogen-bond donors (Lipinski definition) is 0. The van der Waals surface area contributed by atoms with Gasteiger partial charge in [0.1, 0.15) is 0 Å². The van der Waals surface area contributed by atoms with Crippen LogP contribution in [0.4, 0.5) is 26.3 Å². The van der Waals surface area contributed by atoms with Crippen molar-refractivity contribution in [3.63, 3.8) is 0 Å². The molecule has 0 heterocycles. The van der Waals surface area contributed by atoms with Gasteiger partial charge in [0, 0.05) is 12.8 Å². The van der Waals surface area contributed by atoms with Crippen LogP contribution < -0.4 is 0 Å². The Morgan fingerprint density at radius 2 is 0.600 bits per heavy atom. The molecule has 0 aromatic rings. The first-order chi connectivity index (χ1) is 32.6. The third-order valence-electron chi connectivity index (χ3n) is 17.4. The summed E-state index contributed by atoms with van der Waals surface area (Å²) >= 11 is 0. The normalized spacial score (nSPS) is 23.7. The van der Waals surface area contributed by atoms with Gasteiger partial charge >= 0.3 is 12.4 Å². The van der Waals surface area contributed by atoms with E-state index in [1.54, 1.807) is 79.1 Å². The summed E-state index contributed by atoms with van der Waals surface area (Å²) in [6.07, 6.45) is 37.3. The molecular weight excluding hydrogens is 883 g/mol. The van der Waals surface area contributed by atoms with Gasteiger partial charge in [-0.2, -0.15) is 26.3 Å². The molecule has 2 unspecified atom stereocenters. The van der Waals surface area contributed by atoms with Crippen LogP contribution >= 0.6 is 0 Å². The van der Waals surface area contributed by atoms with Gasteiger partial charge in [0.25, 0.3) is 0 Å². The number of rotatable bonds is 4.